The Kier molecular flexibility index (Phi) is 8.09. The molecule has 0 aliphatic rings. The van der Waals surface area contributed by atoms with Gasteiger partial charge in [-0.05, 0) is 48.9 Å². The standard InChI is InChI=1S/C27H24N4O6S/c1-19-7-14-24(15-8-19)38(35,36)30-25(20-5-3-2-4-6-20)17-27(32)29-28-18-23-13-16-26(37-23)21-9-11-22(12-10-21)31(33)34/h2-16,18,25,30H,17H2,1H3,(H,29,32)/b28-18-/t25-/m0/s1. The average molecular weight is 533 g/mol. The summed E-state index contributed by atoms with van der Waals surface area (Å²) in [6, 6.07) is 23.6. The van der Waals surface area contributed by atoms with Crippen LogP contribution in [-0.2, 0) is 14.8 Å². The highest BCUT2D eigenvalue weighted by molar-refractivity contribution is 7.89. The van der Waals surface area contributed by atoms with Crippen molar-refractivity contribution in [2.45, 2.75) is 24.3 Å². The monoisotopic (exact) mass is 532 g/mol. The Morgan fingerprint density at radius 2 is 1.68 bits per heavy atom. The number of carbonyl (C=O) groups excluding carboxylic acids is 1. The first-order valence-electron chi connectivity index (χ1n) is 11.5. The predicted molar refractivity (Wildman–Crippen MR) is 142 cm³/mol. The van der Waals surface area contributed by atoms with Crippen LogP contribution in [0.2, 0.25) is 0 Å². The Balaban J connectivity index is 1.41. The minimum atomic E-state index is -3.89. The molecule has 0 saturated heterocycles. The van der Waals surface area contributed by atoms with Gasteiger partial charge in [-0.1, -0.05) is 48.0 Å². The molecule has 0 spiro atoms. The Morgan fingerprint density at radius 1 is 1.00 bits per heavy atom. The fourth-order valence-electron chi connectivity index (χ4n) is 3.61. The summed E-state index contributed by atoms with van der Waals surface area (Å²) in [6.45, 7) is 1.86. The number of non-ortho nitro benzene ring substituents is 1. The average Bonchev–Trinajstić information content (AvgIpc) is 3.38. The summed E-state index contributed by atoms with van der Waals surface area (Å²) in [7, 11) is -3.89. The number of benzene rings is 3. The molecule has 0 bridgehead atoms. The number of sulfonamides is 1. The zero-order chi connectivity index (χ0) is 27.1. The Labute approximate surface area is 219 Å². The molecule has 1 heterocycles. The van der Waals surface area contributed by atoms with Crippen molar-refractivity contribution in [1.29, 1.82) is 0 Å². The Bertz CT molecular complexity index is 1550. The second kappa shape index (κ2) is 11.6. The van der Waals surface area contributed by atoms with E-state index in [1.54, 1.807) is 66.7 Å². The van der Waals surface area contributed by atoms with Crippen molar-refractivity contribution in [2.75, 3.05) is 0 Å². The van der Waals surface area contributed by atoms with E-state index >= 15 is 0 Å². The number of rotatable bonds is 10. The zero-order valence-electron chi connectivity index (χ0n) is 20.3. The zero-order valence-corrected chi connectivity index (χ0v) is 21.1. The molecule has 0 radical (unpaired) electrons. The molecule has 4 rings (SSSR count). The second-order valence-corrected chi connectivity index (χ2v) is 10.1. The minimum Gasteiger partial charge on any atom is -0.455 e. The van der Waals surface area contributed by atoms with Crippen LogP contribution in [0.3, 0.4) is 0 Å². The number of nitro groups is 1. The molecule has 0 aliphatic heterocycles. The lowest BCUT2D eigenvalue weighted by atomic mass is 10.0. The van der Waals surface area contributed by atoms with E-state index in [2.05, 4.69) is 15.2 Å². The van der Waals surface area contributed by atoms with Crippen LogP contribution >= 0.6 is 0 Å². The van der Waals surface area contributed by atoms with Gasteiger partial charge in [0.05, 0.1) is 22.1 Å². The fraction of sp³-hybridized carbons (Fsp3) is 0.111. The summed E-state index contributed by atoms with van der Waals surface area (Å²) < 4.78 is 34.2. The van der Waals surface area contributed by atoms with E-state index < -0.39 is 26.9 Å². The number of amides is 1. The van der Waals surface area contributed by atoms with E-state index in [-0.39, 0.29) is 17.0 Å². The van der Waals surface area contributed by atoms with Gasteiger partial charge < -0.3 is 4.42 Å². The number of hydrogen-bond acceptors (Lipinski definition) is 7. The van der Waals surface area contributed by atoms with Crippen LogP contribution in [-0.4, -0.2) is 25.5 Å². The molecule has 4 aromatic rings. The van der Waals surface area contributed by atoms with Gasteiger partial charge in [0.25, 0.3) is 5.69 Å². The van der Waals surface area contributed by atoms with Crippen molar-refractivity contribution < 1.29 is 22.6 Å². The normalized spacial score (nSPS) is 12.3. The van der Waals surface area contributed by atoms with Crippen molar-refractivity contribution in [1.82, 2.24) is 10.1 Å². The van der Waals surface area contributed by atoms with Gasteiger partial charge in [-0.2, -0.15) is 5.10 Å². The van der Waals surface area contributed by atoms with E-state index in [0.717, 1.165) is 5.56 Å². The molecule has 11 heteroatoms. The third kappa shape index (κ3) is 6.78. The molecule has 0 unspecified atom stereocenters. The third-order valence-electron chi connectivity index (χ3n) is 5.59. The Hall–Kier alpha value is -4.61. The molecule has 1 atom stereocenters. The number of nitrogens with one attached hydrogen (secondary N) is 2. The highest BCUT2D eigenvalue weighted by Crippen LogP contribution is 2.24. The molecule has 0 aliphatic carbocycles. The van der Waals surface area contributed by atoms with E-state index in [9.17, 15) is 23.3 Å². The predicted octanol–water partition coefficient (Wildman–Crippen LogP) is 4.72. The number of nitrogens with zero attached hydrogens (tertiary/aromatic N) is 2. The van der Waals surface area contributed by atoms with E-state index in [1.165, 1.54) is 30.5 Å². The highest BCUT2D eigenvalue weighted by atomic mass is 32.2. The molecule has 3 aromatic carbocycles. The maximum absolute atomic E-state index is 13.0. The molecule has 194 valence electrons. The van der Waals surface area contributed by atoms with E-state index in [1.807, 2.05) is 6.92 Å². The number of hydrogen-bond donors (Lipinski definition) is 2. The summed E-state index contributed by atoms with van der Waals surface area (Å²) >= 11 is 0. The molecular weight excluding hydrogens is 508 g/mol. The van der Waals surface area contributed by atoms with Crippen LogP contribution in [0, 0.1) is 17.0 Å². The topological polar surface area (TPSA) is 144 Å². The van der Waals surface area contributed by atoms with Crippen molar-refractivity contribution in [3.05, 3.63) is 118 Å². The van der Waals surface area contributed by atoms with Crippen molar-refractivity contribution >= 4 is 27.8 Å². The van der Waals surface area contributed by atoms with Crippen molar-refractivity contribution in [3.8, 4) is 11.3 Å². The molecule has 10 nitrogen and oxygen atoms in total. The van der Waals surface area contributed by atoms with Gasteiger partial charge in [0.15, 0.2) is 0 Å². The Morgan fingerprint density at radius 3 is 2.34 bits per heavy atom. The molecule has 0 saturated carbocycles. The summed E-state index contributed by atoms with van der Waals surface area (Å²) in [4.78, 5) is 23.1. The second-order valence-electron chi connectivity index (χ2n) is 8.40. The molecular formula is C27H24N4O6S. The van der Waals surface area contributed by atoms with Gasteiger partial charge >= 0.3 is 0 Å². The minimum absolute atomic E-state index is 0.0280. The van der Waals surface area contributed by atoms with Crippen LogP contribution in [0.5, 0.6) is 0 Å². The van der Waals surface area contributed by atoms with Crippen LogP contribution in [0.25, 0.3) is 11.3 Å². The number of hydrazone groups is 1. The first-order chi connectivity index (χ1) is 18.2. The van der Waals surface area contributed by atoms with Crippen LogP contribution < -0.4 is 10.1 Å². The summed E-state index contributed by atoms with van der Waals surface area (Å²) in [5.74, 6) is 0.310. The van der Waals surface area contributed by atoms with Crippen molar-refractivity contribution in [3.63, 3.8) is 0 Å². The van der Waals surface area contributed by atoms with E-state index in [0.29, 0.717) is 22.6 Å². The first kappa shape index (κ1) is 26.5. The molecule has 1 aromatic heterocycles. The quantitative estimate of drug-likeness (QED) is 0.172. The van der Waals surface area contributed by atoms with E-state index in [4.69, 9.17) is 4.42 Å². The lowest BCUT2D eigenvalue weighted by Gasteiger charge is -2.18. The maximum atomic E-state index is 13.0. The summed E-state index contributed by atoms with van der Waals surface area (Å²) in [5.41, 5.74) is 4.56. The largest absolute Gasteiger partial charge is 0.455 e. The van der Waals surface area contributed by atoms with Crippen LogP contribution in [0.1, 0.15) is 29.3 Å². The van der Waals surface area contributed by atoms with Gasteiger partial charge in [-0.15, -0.1) is 0 Å². The lowest BCUT2D eigenvalue weighted by molar-refractivity contribution is -0.384. The molecule has 1 amide bonds. The highest BCUT2D eigenvalue weighted by Gasteiger charge is 2.23. The third-order valence-corrected chi connectivity index (χ3v) is 7.08. The summed E-state index contributed by atoms with van der Waals surface area (Å²) in [6.07, 6.45) is 1.11. The van der Waals surface area contributed by atoms with Gasteiger partial charge in [0.1, 0.15) is 11.5 Å². The van der Waals surface area contributed by atoms with Crippen molar-refractivity contribution in [2.24, 2.45) is 5.10 Å². The molecule has 2 N–H and O–H groups in total. The molecule has 0 fully saturated rings. The number of furan rings is 1. The van der Waals surface area contributed by atoms with Gasteiger partial charge in [0, 0.05) is 24.1 Å². The SMILES string of the molecule is Cc1ccc(S(=O)(=O)N[C@@H](CC(=O)N/N=C\c2ccc(-c3ccc([N+](=O)[O-])cc3)o2)c2ccccc2)cc1. The van der Waals surface area contributed by atoms with Crippen LogP contribution in [0.4, 0.5) is 5.69 Å². The van der Waals surface area contributed by atoms with Gasteiger partial charge in [-0.3, -0.25) is 14.9 Å². The van der Waals surface area contributed by atoms with Crippen LogP contribution in [0.15, 0.2) is 105 Å². The summed E-state index contributed by atoms with van der Waals surface area (Å²) in [5, 5.41) is 14.7. The number of aryl methyl sites for hydroxylation is 1. The lowest BCUT2D eigenvalue weighted by Crippen LogP contribution is -2.32. The first-order valence-corrected chi connectivity index (χ1v) is 13.0. The fourth-order valence-corrected chi connectivity index (χ4v) is 4.83. The smallest absolute Gasteiger partial charge is 0.269 e. The number of nitro benzene ring substituents is 1. The molecule has 38 heavy (non-hydrogen) atoms. The maximum Gasteiger partial charge on any atom is 0.269 e. The van der Waals surface area contributed by atoms with Gasteiger partial charge in [0.2, 0.25) is 15.9 Å². The van der Waals surface area contributed by atoms with Gasteiger partial charge in [-0.25, -0.2) is 18.6 Å². The number of carbonyl (C=O) groups is 1.